The maximum Gasteiger partial charge on any atom is 0.230 e. The number of carbonyl (C=O) groups is 1. The van der Waals surface area contributed by atoms with Crippen LogP contribution in [0.15, 0.2) is 23.4 Å². The normalized spacial score (nSPS) is 19.6. The van der Waals surface area contributed by atoms with E-state index < -0.39 is 0 Å². The lowest BCUT2D eigenvalue weighted by molar-refractivity contribution is -0.119. The summed E-state index contributed by atoms with van der Waals surface area (Å²) < 4.78 is 11.1. The quantitative estimate of drug-likeness (QED) is 0.624. The summed E-state index contributed by atoms with van der Waals surface area (Å²) in [5.41, 5.74) is 1.91. The van der Waals surface area contributed by atoms with Crippen molar-refractivity contribution in [1.82, 2.24) is 20.2 Å². The van der Waals surface area contributed by atoms with Crippen molar-refractivity contribution in [3.05, 3.63) is 18.2 Å². The molecule has 1 saturated carbocycles. The standard InChI is InChI=1S/C22H32N4O3S/c1-2-29-17-6-7-18-19(14-17)25-21(24-18)30-15-20(27)23-16-22(8-4-3-5-9-22)26-10-12-28-13-11-26/h6-7,14H,2-5,8-13,15-16H2,1H3,(H,23,27)(H,24,25). The highest BCUT2D eigenvalue weighted by Gasteiger charge is 2.38. The summed E-state index contributed by atoms with van der Waals surface area (Å²) in [5, 5.41) is 3.98. The molecule has 2 aliphatic rings. The second-order valence-corrected chi connectivity index (χ2v) is 9.07. The lowest BCUT2D eigenvalue weighted by Gasteiger charge is -2.48. The number of imidazole rings is 1. The Hall–Kier alpha value is -1.77. The van der Waals surface area contributed by atoms with Crippen LogP contribution >= 0.6 is 11.8 Å². The summed E-state index contributed by atoms with van der Waals surface area (Å²) in [5.74, 6) is 1.25. The number of aromatic amines is 1. The van der Waals surface area contributed by atoms with E-state index in [-0.39, 0.29) is 11.4 Å². The lowest BCUT2D eigenvalue weighted by Crippen LogP contribution is -2.59. The van der Waals surface area contributed by atoms with Gasteiger partial charge in [0, 0.05) is 31.2 Å². The van der Waals surface area contributed by atoms with E-state index in [1.54, 1.807) is 0 Å². The largest absolute Gasteiger partial charge is 0.494 e. The predicted molar refractivity (Wildman–Crippen MR) is 119 cm³/mol. The Kier molecular flexibility index (Phi) is 7.17. The van der Waals surface area contributed by atoms with E-state index in [9.17, 15) is 4.79 Å². The van der Waals surface area contributed by atoms with Gasteiger partial charge >= 0.3 is 0 Å². The molecule has 1 amide bonds. The Morgan fingerprint density at radius 2 is 2.10 bits per heavy atom. The average Bonchev–Trinajstić information content (AvgIpc) is 3.20. The number of hydrogen-bond donors (Lipinski definition) is 2. The van der Waals surface area contributed by atoms with Crippen LogP contribution in [0.3, 0.4) is 0 Å². The number of morpholine rings is 1. The molecule has 1 aliphatic heterocycles. The molecule has 1 aromatic heterocycles. The van der Waals surface area contributed by atoms with Gasteiger partial charge in [-0.15, -0.1) is 0 Å². The van der Waals surface area contributed by atoms with E-state index in [1.165, 1.54) is 31.0 Å². The Balaban J connectivity index is 1.32. The third-order valence-electron chi connectivity index (χ3n) is 6.16. The van der Waals surface area contributed by atoms with Crippen molar-refractivity contribution in [3.63, 3.8) is 0 Å². The van der Waals surface area contributed by atoms with E-state index in [2.05, 4.69) is 20.2 Å². The molecule has 8 heteroatoms. The number of hydrogen-bond acceptors (Lipinski definition) is 6. The summed E-state index contributed by atoms with van der Waals surface area (Å²) in [6.45, 7) is 6.84. The van der Waals surface area contributed by atoms with Crippen molar-refractivity contribution in [1.29, 1.82) is 0 Å². The third kappa shape index (κ3) is 5.10. The summed E-state index contributed by atoms with van der Waals surface area (Å²) in [7, 11) is 0. The Morgan fingerprint density at radius 1 is 1.30 bits per heavy atom. The van der Waals surface area contributed by atoms with E-state index in [4.69, 9.17) is 9.47 Å². The minimum atomic E-state index is 0.0636. The maximum atomic E-state index is 12.6. The smallest absolute Gasteiger partial charge is 0.230 e. The van der Waals surface area contributed by atoms with Crippen LogP contribution in [-0.2, 0) is 9.53 Å². The molecule has 2 N–H and O–H groups in total. The summed E-state index contributed by atoms with van der Waals surface area (Å²) in [6.07, 6.45) is 6.10. The average molecular weight is 433 g/mol. The molecule has 2 fully saturated rings. The number of rotatable bonds is 8. The van der Waals surface area contributed by atoms with Gasteiger partial charge in [0.15, 0.2) is 5.16 Å². The zero-order chi connectivity index (χ0) is 20.8. The highest BCUT2D eigenvalue weighted by Crippen LogP contribution is 2.34. The van der Waals surface area contributed by atoms with Gasteiger partial charge in [0.05, 0.1) is 36.6 Å². The number of benzene rings is 1. The second-order valence-electron chi connectivity index (χ2n) is 8.10. The first-order valence-electron chi connectivity index (χ1n) is 11.0. The molecule has 7 nitrogen and oxygen atoms in total. The minimum Gasteiger partial charge on any atom is -0.494 e. The van der Waals surface area contributed by atoms with Crippen LogP contribution in [0, 0.1) is 0 Å². The van der Waals surface area contributed by atoms with Gasteiger partial charge < -0.3 is 19.8 Å². The molecule has 4 rings (SSSR count). The van der Waals surface area contributed by atoms with Gasteiger partial charge in [-0.2, -0.15) is 0 Å². The van der Waals surface area contributed by atoms with Crippen LogP contribution < -0.4 is 10.1 Å². The molecule has 0 bridgehead atoms. The van der Waals surface area contributed by atoms with Gasteiger partial charge in [-0.05, 0) is 31.9 Å². The molecule has 1 aromatic carbocycles. The van der Waals surface area contributed by atoms with Crippen LogP contribution in [0.2, 0.25) is 0 Å². The molecule has 0 radical (unpaired) electrons. The SMILES string of the molecule is CCOc1ccc2nc(SCC(=O)NCC3(N4CCOCC4)CCCCC3)[nH]c2c1. The van der Waals surface area contributed by atoms with Crippen molar-refractivity contribution in [2.75, 3.05) is 45.2 Å². The van der Waals surface area contributed by atoms with Gasteiger partial charge in [0.1, 0.15) is 5.75 Å². The Labute approximate surface area is 182 Å². The number of ether oxygens (including phenoxy) is 2. The monoisotopic (exact) mass is 432 g/mol. The second kappa shape index (κ2) is 10.0. The molecule has 2 heterocycles. The van der Waals surface area contributed by atoms with Crippen LogP contribution in [0.5, 0.6) is 5.75 Å². The van der Waals surface area contributed by atoms with Crippen LogP contribution in [0.25, 0.3) is 11.0 Å². The van der Waals surface area contributed by atoms with Gasteiger partial charge in [-0.25, -0.2) is 4.98 Å². The number of carbonyl (C=O) groups excluding carboxylic acids is 1. The molecule has 0 unspecified atom stereocenters. The number of aromatic nitrogens is 2. The van der Waals surface area contributed by atoms with E-state index in [0.29, 0.717) is 12.4 Å². The number of thioether (sulfide) groups is 1. The summed E-state index contributed by atoms with van der Waals surface area (Å²) in [4.78, 5) is 23.0. The lowest BCUT2D eigenvalue weighted by atomic mass is 9.79. The van der Waals surface area contributed by atoms with Gasteiger partial charge in [-0.3, -0.25) is 9.69 Å². The summed E-state index contributed by atoms with van der Waals surface area (Å²) >= 11 is 1.44. The molecular formula is C22H32N4O3S. The number of amides is 1. The highest BCUT2D eigenvalue weighted by atomic mass is 32.2. The number of H-pyrrole nitrogens is 1. The van der Waals surface area contributed by atoms with Crippen molar-refractivity contribution in [2.24, 2.45) is 0 Å². The van der Waals surface area contributed by atoms with Crippen LogP contribution in [-0.4, -0.2) is 71.5 Å². The van der Waals surface area contributed by atoms with E-state index in [1.807, 2.05) is 25.1 Å². The van der Waals surface area contributed by atoms with Crippen LogP contribution in [0.4, 0.5) is 0 Å². The van der Waals surface area contributed by atoms with E-state index >= 15 is 0 Å². The minimum absolute atomic E-state index is 0.0636. The van der Waals surface area contributed by atoms with Gasteiger partial charge in [-0.1, -0.05) is 31.0 Å². The molecule has 30 heavy (non-hydrogen) atoms. The first-order chi connectivity index (χ1) is 14.7. The third-order valence-corrected chi connectivity index (χ3v) is 7.04. The molecule has 2 aromatic rings. The van der Waals surface area contributed by atoms with Gasteiger partial charge in [0.2, 0.25) is 5.91 Å². The predicted octanol–water partition coefficient (Wildman–Crippen LogP) is 3.21. The maximum absolute atomic E-state index is 12.6. The molecule has 164 valence electrons. The van der Waals surface area contributed by atoms with E-state index in [0.717, 1.165) is 67.6 Å². The molecular weight excluding hydrogens is 400 g/mol. The molecule has 1 saturated heterocycles. The number of nitrogens with zero attached hydrogens (tertiary/aromatic N) is 2. The first-order valence-corrected chi connectivity index (χ1v) is 12.0. The summed E-state index contributed by atoms with van der Waals surface area (Å²) in [6, 6.07) is 5.81. The van der Waals surface area contributed by atoms with Crippen molar-refractivity contribution in [2.45, 2.75) is 49.7 Å². The van der Waals surface area contributed by atoms with Crippen molar-refractivity contribution in [3.8, 4) is 5.75 Å². The molecule has 0 spiro atoms. The number of fused-ring (bicyclic) bond motifs is 1. The topological polar surface area (TPSA) is 79.5 Å². The molecule has 0 atom stereocenters. The fourth-order valence-electron chi connectivity index (χ4n) is 4.59. The number of nitrogens with one attached hydrogen (secondary N) is 2. The van der Waals surface area contributed by atoms with Gasteiger partial charge in [0.25, 0.3) is 0 Å². The van der Waals surface area contributed by atoms with Crippen molar-refractivity contribution >= 4 is 28.7 Å². The first kappa shape index (κ1) is 21.5. The van der Waals surface area contributed by atoms with Crippen molar-refractivity contribution < 1.29 is 14.3 Å². The van der Waals surface area contributed by atoms with Crippen LogP contribution in [0.1, 0.15) is 39.0 Å². The Bertz CT molecular complexity index is 844. The molecule has 1 aliphatic carbocycles. The zero-order valence-corrected chi connectivity index (χ0v) is 18.6. The highest BCUT2D eigenvalue weighted by molar-refractivity contribution is 7.99. The fraction of sp³-hybridized carbons (Fsp3) is 0.636. The Morgan fingerprint density at radius 3 is 2.87 bits per heavy atom. The fourth-order valence-corrected chi connectivity index (χ4v) is 5.31. The zero-order valence-electron chi connectivity index (χ0n) is 17.7.